The van der Waals surface area contributed by atoms with Gasteiger partial charge in [-0.2, -0.15) is 0 Å². The van der Waals surface area contributed by atoms with Crippen LogP contribution in [0.1, 0.15) is 34.1 Å². The molecular formula is C10H19NO2. The highest BCUT2D eigenvalue weighted by Gasteiger charge is 2.32. The van der Waals surface area contributed by atoms with Crippen molar-refractivity contribution in [2.24, 2.45) is 5.92 Å². The second-order valence-corrected chi connectivity index (χ2v) is 4.67. The minimum absolute atomic E-state index is 0.0409. The van der Waals surface area contributed by atoms with Crippen LogP contribution in [0.4, 0.5) is 0 Å². The summed E-state index contributed by atoms with van der Waals surface area (Å²) in [6, 6.07) is 0.259. The Kier molecular flexibility index (Phi) is 2.96. The molecule has 0 radical (unpaired) electrons. The number of rotatable bonds is 1. The van der Waals surface area contributed by atoms with E-state index in [9.17, 15) is 4.79 Å². The van der Waals surface area contributed by atoms with Crippen molar-refractivity contribution in [3.05, 3.63) is 0 Å². The molecule has 1 rings (SSSR count). The summed E-state index contributed by atoms with van der Waals surface area (Å²) >= 11 is 0. The van der Waals surface area contributed by atoms with Crippen molar-refractivity contribution < 1.29 is 9.53 Å². The minimum atomic E-state index is -0.362. The van der Waals surface area contributed by atoms with Gasteiger partial charge in [0, 0.05) is 6.04 Å². The fourth-order valence-electron chi connectivity index (χ4n) is 1.56. The third-order valence-electron chi connectivity index (χ3n) is 2.23. The van der Waals surface area contributed by atoms with Gasteiger partial charge in [-0.3, -0.25) is 4.79 Å². The van der Waals surface area contributed by atoms with Crippen LogP contribution in [0.2, 0.25) is 0 Å². The summed E-state index contributed by atoms with van der Waals surface area (Å²) in [7, 11) is 0. The Hall–Kier alpha value is -0.570. The molecule has 1 fully saturated rings. The third kappa shape index (κ3) is 2.99. The van der Waals surface area contributed by atoms with E-state index in [1.54, 1.807) is 0 Å². The number of nitrogens with one attached hydrogen (secondary N) is 1. The van der Waals surface area contributed by atoms with E-state index in [2.05, 4.69) is 5.32 Å². The van der Waals surface area contributed by atoms with E-state index in [1.165, 1.54) is 0 Å². The molecule has 1 heterocycles. The Morgan fingerprint density at radius 1 is 1.46 bits per heavy atom. The third-order valence-corrected chi connectivity index (χ3v) is 2.23. The van der Waals surface area contributed by atoms with E-state index < -0.39 is 0 Å². The maximum atomic E-state index is 11.6. The largest absolute Gasteiger partial charge is 0.460 e. The van der Waals surface area contributed by atoms with Crippen molar-refractivity contribution >= 4 is 5.97 Å². The van der Waals surface area contributed by atoms with Gasteiger partial charge in [0.15, 0.2) is 0 Å². The Bertz CT molecular complexity index is 196. The first-order valence-electron chi connectivity index (χ1n) is 4.86. The molecule has 1 N–H and O–H groups in total. The molecule has 3 heteroatoms. The second-order valence-electron chi connectivity index (χ2n) is 4.67. The second kappa shape index (κ2) is 3.66. The lowest BCUT2D eigenvalue weighted by Gasteiger charge is -2.23. The summed E-state index contributed by atoms with van der Waals surface area (Å²) in [6.45, 7) is 8.65. The summed E-state index contributed by atoms with van der Waals surface area (Å²) in [5.41, 5.74) is -0.362. The molecule has 1 aliphatic heterocycles. The van der Waals surface area contributed by atoms with Crippen LogP contribution in [0, 0.1) is 5.92 Å². The maximum Gasteiger partial charge on any atom is 0.311 e. The predicted octanol–water partition coefficient (Wildman–Crippen LogP) is 1.33. The highest BCUT2D eigenvalue weighted by atomic mass is 16.6. The van der Waals surface area contributed by atoms with E-state index in [4.69, 9.17) is 4.74 Å². The minimum Gasteiger partial charge on any atom is -0.460 e. The highest BCUT2D eigenvalue weighted by molar-refractivity contribution is 5.74. The van der Waals surface area contributed by atoms with Crippen LogP contribution in [-0.2, 0) is 9.53 Å². The van der Waals surface area contributed by atoms with Crippen molar-refractivity contribution in [2.75, 3.05) is 6.54 Å². The Balaban J connectivity index is 2.48. The monoisotopic (exact) mass is 185 g/mol. The number of carbonyl (C=O) groups is 1. The average molecular weight is 185 g/mol. The molecule has 0 bridgehead atoms. The predicted molar refractivity (Wildman–Crippen MR) is 51.4 cm³/mol. The standard InChI is InChI=1S/C10H19NO2/c1-7-8(5-6-11-7)9(12)13-10(2,3)4/h7-8,11H,5-6H2,1-4H3. The molecule has 0 aromatic rings. The zero-order valence-electron chi connectivity index (χ0n) is 8.89. The normalized spacial score (nSPS) is 28.9. The van der Waals surface area contributed by atoms with Gasteiger partial charge in [0.1, 0.15) is 5.60 Å². The molecule has 13 heavy (non-hydrogen) atoms. The molecule has 76 valence electrons. The van der Waals surface area contributed by atoms with Crippen LogP contribution in [0.3, 0.4) is 0 Å². The van der Waals surface area contributed by atoms with Gasteiger partial charge in [0.05, 0.1) is 5.92 Å². The fourth-order valence-corrected chi connectivity index (χ4v) is 1.56. The number of hydrogen-bond donors (Lipinski definition) is 1. The first kappa shape index (κ1) is 10.5. The quantitative estimate of drug-likeness (QED) is 0.626. The van der Waals surface area contributed by atoms with Crippen molar-refractivity contribution in [1.82, 2.24) is 5.32 Å². The van der Waals surface area contributed by atoms with Crippen LogP contribution in [0.15, 0.2) is 0 Å². The summed E-state index contributed by atoms with van der Waals surface area (Å²) in [6.07, 6.45) is 0.899. The van der Waals surface area contributed by atoms with Crippen LogP contribution < -0.4 is 5.32 Å². The van der Waals surface area contributed by atoms with Crippen LogP contribution in [0.5, 0.6) is 0 Å². The molecule has 0 aromatic carbocycles. The molecule has 0 saturated carbocycles. The van der Waals surface area contributed by atoms with E-state index in [0.717, 1.165) is 13.0 Å². The van der Waals surface area contributed by atoms with Gasteiger partial charge in [-0.15, -0.1) is 0 Å². The van der Waals surface area contributed by atoms with Crippen LogP contribution in [0.25, 0.3) is 0 Å². The van der Waals surface area contributed by atoms with E-state index in [1.807, 2.05) is 27.7 Å². The molecule has 1 aliphatic rings. The maximum absolute atomic E-state index is 11.6. The summed E-state index contributed by atoms with van der Waals surface area (Å²) in [5.74, 6) is -0.0239. The topological polar surface area (TPSA) is 38.3 Å². The van der Waals surface area contributed by atoms with Crippen LogP contribution in [-0.4, -0.2) is 24.2 Å². The van der Waals surface area contributed by atoms with Gasteiger partial charge < -0.3 is 10.1 Å². The molecule has 0 spiro atoms. The van der Waals surface area contributed by atoms with Gasteiger partial charge in [-0.1, -0.05) is 0 Å². The first-order valence-corrected chi connectivity index (χ1v) is 4.86. The van der Waals surface area contributed by atoms with Gasteiger partial charge in [0.25, 0.3) is 0 Å². The van der Waals surface area contributed by atoms with Gasteiger partial charge in [-0.05, 0) is 40.7 Å². The van der Waals surface area contributed by atoms with Crippen molar-refractivity contribution in [2.45, 2.75) is 45.8 Å². The van der Waals surface area contributed by atoms with Gasteiger partial charge in [0.2, 0.25) is 0 Å². The number of carbonyl (C=O) groups excluding carboxylic acids is 1. The molecule has 2 atom stereocenters. The Labute approximate surface area is 79.8 Å². The Morgan fingerprint density at radius 3 is 2.46 bits per heavy atom. The lowest BCUT2D eigenvalue weighted by molar-refractivity contribution is -0.160. The van der Waals surface area contributed by atoms with Gasteiger partial charge >= 0.3 is 5.97 Å². The van der Waals surface area contributed by atoms with Crippen molar-refractivity contribution in [3.8, 4) is 0 Å². The van der Waals surface area contributed by atoms with E-state index in [-0.39, 0.29) is 23.5 Å². The van der Waals surface area contributed by atoms with Crippen molar-refractivity contribution in [3.63, 3.8) is 0 Å². The number of hydrogen-bond acceptors (Lipinski definition) is 3. The first-order chi connectivity index (χ1) is 5.90. The average Bonchev–Trinajstić information content (AvgIpc) is 2.30. The SMILES string of the molecule is CC1NCCC1C(=O)OC(C)(C)C. The molecule has 3 nitrogen and oxygen atoms in total. The molecule has 1 saturated heterocycles. The van der Waals surface area contributed by atoms with E-state index in [0.29, 0.717) is 0 Å². The lowest BCUT2D eigenvalue weighted by atomic mass is 10.0. The van der Waals surface area contributed by atoms with E-state index >= 15 is 0 Å². The van der Waals surface area contributed by atoms with Crippen molar-refractivity contribution in [1.29, 1.82) is 0 Å². The van der Waals surface area contributed by atoms with Crippen LogP contribution >= 0.6 is 0 Å². The zero-order chi connectivity index (χ0) is 10.1. The summed E-state index contributed by atoms with van der Waals surface area (Å²) < 4.78 is 5.31. The summed E-state index contributed by atoms with van der Waals surface area (Å²) in [4.78, 5) is 11.6. The molecular weight excluding hydrogens is 166 g/mol. The summed E-state index contributed by atoms with van der Waals surface area (Å²) in [5, 5.41) is 3.24. The fraction of sp³-hybridized carbons (Fsp3) is 0.900. The Morgan fingerprint density at radius 2 is 2.08 bits per heavy atom. The number of esters is 1. The molecule has 0 aliphatic carbocycles. The van der Waals surface area contributed by atoms with Gasteiger partial charge in [-0.25, -0.2) is 0 Å². The molecule has 2 unspecified atom stereocenters. The zero-order valence-corrected chi connectivity index (χ0v) is 8.89. The molecule has 0 amide bonds. The highest BCUT2D eigenvalue weighted by Crippen LogP contribution is 2.20. The molecule has 0 aromatic heterocycles. The smallest absolute Gasteiger partial charge is 0.311 e. The lowest BCUT2D eigenvalue weighted by Crippen LogP contribution is -2.34. The number of ether oxygens (including phenoxy) is 1.